The van der Waals surface area contributed by atoms with Gasteiger partial charge in [0.2, 0.25) is 0 Å². The zero-order valence-electron chi connectivity index (χ0n) is 11.3. The minimum Gasteiger partial charge on any atom is -0.481 e. The summed E-state index contributed by atoms with van der Waals surface area (Å²) in [5.41, 5.74) is 0. The number of unbranched alkanes of at least 4 members (excludes halogenated alkanes) is 1. The molecule has 1 aromatic rings. The van der Waals surface area contributed by atoms with Crippen LogP contribution in [0.2, 0.25) is 0 Å². The van der Waals surface area contributed by atoms with E-state index in [0.717, 1.165) is 50.7 Å². The number of carbonyl (C=O) groups is 1. The van der Waals surface area contributed by atoms with Gasteiger partial charge in [0.05, 0.1) is 0 Å². The second kappa shape index (κ2) is 6.86. The topological polar surface area (TPSA) is 56.7 Å². The number of thiazole rings is 1. The largest absolute Gasteiger partial charge is 0.481 e. The summed E-state index contributed by atoms with van der Waals surface area (Å²) in [4.78, 5) is 20.9. The van der Waals surface area contributed by atoms with Crippen LogP contribution in [0.1, 0.15) is 24.1 Å². The molecule has 1 fully saturated rings. The van der Waals surface area contributed by atoms with Gasteiger partial charge in [0.25, 0.3) is 0 Å². The lowest BCUT2D eigenvalue weighted by Gasteiger charge is -2.34. The third kappa shape index (κ3) is 4.47. The molecule has 0 amide bonds. The number of aryl methyl sites for hydroxylation is 1. The van der Waals surface area contributed by atoms with Crippen LogP contribution in [0.5, 0.6) is 0 Å². The number of carboxylic acid groups (broad SMARTS) is 1. The van der Waals surface area contributed by atoms with Crippen molar-refractivity contribution in [1.29, 1.82) is 0 Å². The third-order valence-corrected chi connectivity index (χ3v) is 4.34. The number of aliphatic carboxylic acids is 1. The van der Waals surface area contributed by atoms with Crippen LogP contribution in [0.3, 0.4) is 0 Å². The fourth-order valence-electron chi connectivity index (χ4n) is 2.26. The second-order valence-corrected chi connectivity index (χ2v) is 6.15. The lowest BCUT2D eigenvalue weighted by Crippen LogP contribution is -2.46. The van der Waals surface area contributed by atoms with E-state index >= 15 is 0 Å². The Morgan fingerprint density at radius 2 is 2.11 bits per heavy atom. The fraction of sp³-hybridized carbons (Fsp3) is 0.692. The predicted molar refractivity (Wildman–Crippen MR) is 77.0 cm³/mol. The maximum absolute atomic E-state index is 10.4. The van der Waals surface area contributed by atoms with E-state index < -0.39 is 5.97 Å². The van der Waals surface area contributed by atoms with Gasteiger partial charge >= 0.3 is 5.97 Å². The van der Waals surface area contributed by atoms with Gasteiger partial charge in [-0.2, -0.15) is 0 Å². The molecule has 0 bridgehead atoms. The normalized spacial score (nSPS) is 16.8. The van der Waals surface area contributed by atoms with Crippen LogP contribution in [0, 0.1) is 6.92 Å². The highest BCUT2D eigenvalue weighted by molar-refractivity contribution is 7.15. The van der Waals surface area contributed by atoms with Gasteiger partial charge in [0.15, 0.2) is 5.13 Å². The first kappa shape index (κ1) is 14.3. The zero-order valence-corrected chi connectivity index (χ0v) is 12.2. The summed E-state index contributed by atoms with van der Waals surface area (Å²) < 4.78 is 0. The molecule has 1 aromatic heterocycles. The van der Waals surface area contributed by atoms with Crippen molar-refractivity contribution < 1.29 is 9.90 Å². The number of rotatable bonds is 6. The third-order valence-electron chi connectivity index (χ3n) is 3.37. The Balaban J connectivity index is 1.66. The van der Waals surface area contributed by atoms with Gasteiger partial charge in [-0.25, -0.2) is 4.98 Å². The van der Waals surface area contributed by atoms with Gasteiger partial charge < -0.3 is 10.0 Å². The molecular weight excluding hydrogens is 262 g/mol. The minimum atomic E-state index is -0.691. The highest BCUT2D eigenvalue weighted by atomic mass is 32.1. The molecule has 106 valence electrons. The van der Waals surface area contributed by atoms with Crippen molar-refractivity contribution >= 4 is 22.4 Å². The van der Waals surface area contributed by atoms with E-state index in [2.05, 4.69) is 21.7 Å². The van der Waals surface area contributed by atoms with Crippen molar-refractivity contribution in [2.45, 2.75) is 26.2 Å². The highest BCUT2D eigenvalue weighted by Crippen LogP contribution is 2.22. The Bertz CT molecular complexity index is 414. The van der Waals surface area contributed by atoms with E-state index in [4.69, 9.17) is 5.11 Å². The molecule has 6 heteroatoms. The molecule has 5 nitrogen and oxygen atoms in total. The Labute approximate surface area is 117 Å². The van der Waals surface area contributed by atoms with E-state index in [9.17, 15) is 4.79 Å². The summed E-state index contributed by atoms with van der Waals surface area (Å²) in [5.74, 6) is -0.691. The van der Waals surface area contributed by atoms with Gasteiger partial charge in [0.1, 0.15) is 0 Å². The smallest absolute Gasteiger partial charge is 0.303 e. The second-order valence-electron chi connectivity index (χ2n) is 4.93. The SMILES string of the molecule is Cc1cnc(N2CCN(CCCCC(=O)O)CC2)s1. The first-order valence-electron chi connectivity index (χ1n) is 6.76. The van der Waals surface area contributed by atoms with E-state index in [-0.39, 0.29) is 0 Å². The van der Waals surface area contributed by atoms with Gasteiger partial charge in [-0.1, -0.05) is 0 Å². The van der Waals surface area contributed by atoms with Crippen LogP contribution in [0.15, 0.2) is 6.20 Å². The Morgan fingerprint density at radius 3 is 2.68 bits per heavy atom. The Morgan fingerprint density at radius 1 is 1.37 bits per heavy atom. The molecule has 0 radical (unpaired) electrons. The van der Waals surface area contributed by atoms with E-state index in [1.54, 1.807) is 11.3 Å². The molecule has 0 saturated carbocycles. The number of hydrogen-bond acceptors (Lipinski definition) is 5. The van der Waals surface area contributed by atoms with Crippen molar-refractivity contribution in [1.82, 2.24) is 9.88 Å². The molecule has 2 heterocycles. The maximum Gasteiger partial charge on any atom is 0.303 e. The quantitative estimate of drug-likeness (QED) is 0.807. The summed E-state index contributed by atoms with van der Waals surface area (Å²) >= 11 is 1.75. The predicted octanol–water partition coefficient (Wildman–Crippen LogP) is 1.83. The lowest BCUT2D eigenvalue weighted by molar-refractivity contribution is -0.137. The molecule has 1 N–H and O–H groups in total. The van der Waals surface area contributed by atoms with Crippen LogP contribution >= 0.6 is 11.3 Å². The molecule has 0 atom stereocenters. The number of aromatic nitrogens is 1. The molecule has 0 aromatic carbocycles. The number of hydrogen-bond donors (Lipinski definition) is 1. The summed E-state index contributed by atoms with van der Waals surface area (Å²) in [5, 5.41) is 9.71. The van der Waals surface area contributed by atoms with Gasteiger partial charge in [-0.05, 0) is 26.3 Å². The molecule has 0 unspecified atom stereocenters. The lowest BCUT2D eigenvalue weighted by atomic mass is 10.2. The van der Waals surface area contributed by atoms with Crippen molar-refractivity contribution in [3.63, 3.8) is 0 Å². The van der Waals surface area contributed by atoms with E-state index in [1.807, 2.05) is 6.20 Å². The first-order chi connectivity index (χ1) is 9.15. The average Bonchev–Trinajstić information content (AvgIpc) is 2.82. The molecule has 0 spiro atoms. The van der Waals surface area contributed by atoms with Crippen LogP contribution < -0.4 is 4.90 Å². The number of anilines is 1. The first-order valence-corrected chi connectivity index (χ1v) is 7.58. The fourth-order valence-corrected chi connectivity index (χ4v) is 3.07. The number of carboxylic acids is 1. The molecule has 19 heavy (non-hydrogen) atoms. The van der Waals surface area contributed by atoms with Crippen molar-refractivity contribution in [3.8, 4) is 0 Å². The van der Waals surface area contributed by atoms with Gasteiger partial charge in [0, 0.05) is 43.7 Å². The van der Waals surface area contributed by atoms with E-state index in [0.29, 0.717) is 6.42 Å². The maximum atomic E-state index is 10.4. The zero-order chi connectivity index (χ0) is 13.7. The number of piperazine rings is 1. The van der Waals surface area contributed by atoms with Crippen molar-refractivity contribution in [2.24, 2.45) is 0 Å². The van der Waals surface area contributed by atoms with Crippen LogP contribution in [0.4, 0.5) is 5.13 Å². The molecule has 0 aliphatic carbocycles. The Hall–Kier alpha value is -1.14. The average molecular weight is 283 g/mol. The summed E-state index contributed by atoms with van der Waals surface area (Å²) in [6, 6.07) is 0. The standard InChI is InChI=1S/C13H21N3O2S/c1-11-10-14-13(19-11)16-8-6-15(7-9-16)5-3-2-4-12(17)18/h10H,2-9H2,1H3,(H,17,18). The molecule has 1 saturated heterocycles. The van der Waals surface area contributed by atoms with Crippen LogP contribution in [0.25, 0.3) is 0 Å². The molecular formula is C13H21N3O2S. The number of nitrogens with zero attached hydrogens (tertiary/aromatic N) is 3. The monoisotopic (exact) mass is 283 g/mol. The van der Waals surface area contributed by atoms with Gasteiger partial charge in [-0.15, -0.1) is 11.3 Å². The highest BCUT2D eigenvalue weighted by Gasteiger charge is 2.18. The summed E-state index contributed by atoms with van der Waals surface area (Å²) in [6.07, 6.45) is 3.97. The molecule has 1 aliphatic heterocycles. The summed E-state index contributed by atoms with van der Waals surface area (Å²) in [7, 11) is 0. The van der Waals surface area contributed by atoms with Crippen molar-refractivity contribution in [2.75, 3.05) is 37.6 Å². The van der Waals surface area contributed by atoms with Crippen LogP contribution in [-0.4, -0.2) is 53.7 Å². The van der Waals surface area contributed by atoms with Gasteiger partial charge in [-0.3, -0.25) is 9.69 Å². The van der Waals surface area contributed by atoms with Crippen LogP contribution in [-0.2, 0) is 4.79 Å². The van der Waals surface area contributed by atoms with E-state index in [1.165, 1.54) is 4.88 Å². The summed E-state index contributed by atoms with van der Waals surface area (Å²) in [6.45, 7) is 7.23. The molecule has 2 rings (SSSR count). The Kier molecular flexibility index (Phi) is 5.15. The minimum absolute atomic E-state index is 0.290. The molecule has 1 aliphatic rings. The van der Waals surface area contributed by atoms with Crippen molar-refractivity contribution in [3.05, 3.63) is 11.1 Å².